The maximum Gasteiger partial charge on any atom is 0.288 e. The van der Waals surface area contributed by atoms with Gasteiger partial charge in [0.1, 0.15) is 5.82 Å². The zero-order chi connectivity index (χ0) is 20.2. The van der Waals surface area contributed by atoms with Gasteiger partial charge in [-0.15, -0.1) is 5.10 Å². The fourth-order valence-corrected chi connectivity index (χ4v) is 3.91. The third-order valence-electron chi connectivity index (χ3n) is 4.25. The van der Waals surface area contributed by atoms with E-state index in [0.29, 0.717) is 33.4 Å². The van der Waals surface area contributed by atoms with E-state index in [4.69, 9.17) is 0 Å². The van der Waals surface area contributed by atoms with Crippen molar-refractivity contribution in [2.75, 3.05) is 11.1 Å². The van der Waals surface area contributed by atoms with Crippen molar-refractivity contribution >= 4 is 35.1 Å². The van der Waals surface area contributed by atoms with E-state index in [9.17, 15) is 13.6 Å². The van der Waals surface area contributed by atoms with Crippen LogP contribution in [0.2, 0.25) is 0 Å². The number of hydrogen-bond acceptors (Lipinski definition) is 5. The average Bonchev–Trinajstić information content (AvgIpc) is 3.47. The number of amides is 1. The number of anilines is 1. The minimum Gasteiger partial charge on any atom is -0.325 e. The van der Waals surface area contributed by atoms with Crippen LogP contribution < -0.4 is 5.32 Å². The Labute approximate surface area is 175 Å². The zero-order valence-electron chi connectivity index (χ0n) is 15.3. The number of benzene rings is 2. The topological polar surface area (TPSA) is 59.8 Å². The molecular formula is C20H18F2N4OS2. The van der Waals surface area contributed by atoms with Crippen molar-refractivity contribution in [3.05, 3.63) is 60.4 Å². The van der Waals surface area contributed by atoms with Crippen LogP contribution >= 0.6 is 23.5 Å². The van der Waals surface area contributed by atoms with Gasteiger partial charge in [0, 0.05) is 16.5 Å². The zero-order valence-corrected chi connectivity index (χ0v) is 16.9. The lowest BCUT2D eigenvalue weighted by molar-refractivity contribution is -0.113. The molecule has 1 N–H and O–H groups in total. The summed E-state index contributed by atoms with van der Waals surface area (Å²) in [4.78, 5) is 17.3. The molecule has 1 aliphatic carbocycles. The smallest absolute Gasteiger partial charge is 0.288 e. The van der Waals surface area contributed by atoms with E-state index in [1.807, 2.05) is 35.0 Å². The molecule has 0 spiro atoms. The van der Waals surface area contributed by atoms with Crippen molar-refractivity contribution in [3.8, 4) is 5.69 Å². The largest absolute Gasteiger partial charge is 0.325 e. The number of aromatic nitrogens is 3. The molecular weight excluding hydrogens is 414 g/mol. The number of halogens is 2. The lowest BCUT2D eigenvalue weighted by Gasteiger charge is -2.05. The van der Waals surface area contributed by atoms with Gasteiger partial charge < -0.3 is 5.32 Å². The fourth-order valence-electron chi connectivity index (χ4n) is 2.78. The average molecular weight is 433 g/mol. The fraction of sp³-hybridized carbons (Fsp3) is 0.250. The van der Waals surface area contributed by atoms with E-state index in [1.54, 1.807) is 24.3 Å². The summed E-state index contributed by atoms with van der Waals surface area (Å²) in [7, 11) is 0. The number of para-hydroxylation sites is 1. The Morgan fingerprint density at radius 1 is 1.14 bits per heavy atom. The van der Waals surface area contributed by atoms with Crippen LogP contribution in [0.15, 0.2) is 64.6 Å². The molecule has 1 aromatic heterocycles. The first kappa shape index (κ1) is 19.9. The van der Waals surface area contributed by atoms with Gasteiger partial charge in [-0.3, -0.25) is 4.79 Å². The van der Waals surface area contributed by atoms with Crippen molar-refractivity contribution in [1.29, 1.82) is 0 Å². The van der Waals surface area contributed by atoms with Crippen molar-refractivity contribution < 1.29 is 13.6 Å². The molecule has 3 aromatic rings. The first-order valence-electron chi connectivity index (χ1n) is 9.08. The van der Waals surface area contributed by atoms with Gasteiger partial charge in [0.05, 0.1) is 11.4 Å². The molecule has 0 saturated heterocycles. The molecule has 1 amide bonds. The Bertz CT molecular complexity index is 976. The predicted molar refractivity (Wildman–Crippen MR) is 111 cm³/mol. The number of rotatable bonds is 8. The molecule has 1 aliphatic rings. The summed E-state index contributed by atoms with van der Waals surface area (Å²) in [6.45, 7) is 0. The first-order valence-corrected chi connectivity index (χ1v) is 10.9. The van der Waals surface area contributed by atoms with Crippen LogP contribution in [-0.2, 0) is 4.79 Å². The number of nitrogens with zero attached hydrogens (tertiary/aromatic N) is 3. The Hall–Kier alpha value is -2.39. The second-order valence-electron chi connectivity index (χ2n) is 6.51. The predicted octanol–water partition coefficient (Wildman–Crippen LogP) is 5.19. The minimum absolute atomic E-state index is 0.163. The van der Waals surface area contributed by atoms with Gasteiger partial charge in [-0.2, -0.15) is 8.78 Å². The van der Waals surface area contributed by atoms with Crippen LogP contribution in [-0.4, -0.2) is 32.2 Å². The standard InChI is InChI=1S/C20H18F2N4OS2/c21-19(22)29-16-10-8-14(9-11-16)23-17(27)12-28-20-24-18(13-6-7-13)26(25-20)15-4-2-1-3-5-15/h1-5,8-11,13,19H,6-7,12H2,(H,23,27). The monoisotopic (exact) mass is 432 g/mol. The van der Waals surface area contributed by atoms with E-state index < -0.39 is 5.76 Å². The quantitative estimate of drug-likeness (QED) is 0.497. The maximum absolute atomic E-state index is 12.4. The van der Waals surface area contributed by atoms with Crippen molar-refractivity contribution in [2.45, 2.75) is 34.6 Å². The number of hydrogen-bond donors (Lipinski definition) is 1. The summed E-state index contributed by atoms with van der Waals surface area (Å²) in [5, 5.41) is 7.90. The number of carbonyl (C=O) groups excluding carboxylic acids is 1. The summed E-state index contributed by atoms with van der Waals surface area (Å²) >= 11 is 1.75. The number of thioether (sulfide) groups is 2. The Morgan fingerprint density at radius 3 is 2.52 bits per heavy atom. The maximum atomic E-state index is 12.4. The van der Waals surface area contributed by atoms with E-state index in [2.05, 4.69) is 15.4 Å². The second kappa shape index (κ2) is 8.96. The van der Waals surface area contributed by atoms with E-state index in [-0.39, 0.29) is 11.7 Å². The molecule has 2 aromatic carbocycles. The lowest BCUT2D eigenvalue weighted by Crippen LogP contribution is -2.14. The van der Waals surface area contributed by atoms with Gasteiger partial charge in [-0.05, 0) is 49.2 Å². The summed E-state index contributed by atoms with van der Waals surface area (Å²) in [6, 6.07) is 16.2. The molecule has 29 heavy (non-hydrogen) atoms. The van der Waals surface area contributed by atoms with Crippen LogP contribution in [0.3, 0.4) is 0 Å². The number of alkyl halides is 2. The van der Waals surface area contributed by atoms with Gasteiger partial charge in [0.15, 0.2) is 0 Å². The summed E-state index contributed by atoms with van der Waals surface area (Å²) in [5.41, 5.74) is 1.52. The van der Waals surface area contributed by atoms with Crippen molar-refractivity contribution in [3.63, 3.8) is 0 Å². The van der Waals surface area contributed by atoms with Gasteiger partial charge in [0.2, 0.25) is 11.1 Å². The van der Waals surface area contributed by atoms with Crippen LogP contribution in [0.5, 0.6) is 0 Å². The van der Waals surface area contributed by atoms with E-state index in [1.165, 1.54) is 11.8 Å². The molecule has 1 heterocycles. The Balaban J connectivity index is 1.37. The molecule has 1 fully saturated rings. The van der Waals surface area contributed by atoms with Gasteiger partial charge in [0.25, 0.3) is 5.76 Å². The normalized spacial score (nSPS) is 13.6. The molecule has 0 radical (unpaired) electrons. The van der Waals surface area contributed by atoms with Crippen LogP contribution in [0.25, 0.3) is 5.69 Å². The molecule has 5 nitrogen and oxygen atoms in total. The summed E-state index contributed by atoms with van der Waals surface area (Å²) < 4.78 is 26.6. The van der Waals surface area contributed by atoms with Gasteiger partial charge in [-0.1, -0.05) is 41.7 Å². The molecule has 0 atom stereocenters. The molecule has 0 aliphatic heterocycles. The molecule has 4 rings (SSSR count). The summed E-state index contributed by atoms with van der Waals surface area (Å²) in [6.07, 6.45) is 2.21. The van der Waals surface area contributed by atoms with Crippen molar-refractivity contribution in [1.82, 2.24) is 14.8 Å². The second-order valence-corrected chi connectivity index (χ2v) is 8.52. The highest BCUT2D eigenvalue weighted by atomic mass is 32.2. The Morgan fingerprint density at radius 2 is 1.86 bits per heavy atom. The summed E-state index contributed by atoms with van der Waals surface area (Å²) in [5.74, 6) is -1.14. The highest BCUT2D eigenvalue weighted by Crippen LogP contribution is 2.40. The first-order chi connectivity index (χ1) is 14.1. The SMILES string of the molecule is O=C(CSc1nc(C2CC2)n(-c2ccccc2)n1)Nc1ccc(SC(F)F)cc1. The van der Waals surface area contributed by atoms with Crippen molar-refractivity contribution in [2.24, 2.45) is 0 Å². The van der Waals surface area contributed by atoms with Crippen LogP contribution in [0, 0.1) is 0 Å². The number of carbonyl (C=O) groups is 1. The lowest BCUT2D eigenvalue weighted by atomic mass is 10.3. The van der Waals surface area contributed by atoms with Gasteiger partial charge in [-0.25, -0.2) is 9.67 Å². The highest BCUT2D eigenvalue weighted by Gasteiger charge is 2.30. The van der Waals surface area contributed by atoms with Crippen LogP contribution in [0.1, 0.15) is 24.6 Å². The van der Waals surface area contributed by atoms with Gasteiger partial charge >= 0.3 is 0 Å². The van der Waals surface area contributed by atoms with Crippen LogP contribution in [0.4, 0.5) is 14.5 Å². The highest BCUT2D eigenvalue weighted by molar-refractivity contribution is 8.00. The molecule has 9 heteroatoms. The van der Waals surface area contributed by atoms with E-state index >= 15 is 0 Å². The molecule has 0 unspecified atom stereocenters. The number of nitrogens with one attached hydrogen (secondary N) is 1. The third-order valence-corrected chi connectivity index (χ3v) is 5.81. The minimum atomic E-state index is -2.46. The molecule has 1 saturated carbocycles. The molecule has 150 valence electrons. The third kappa shape index (κ3) is 5.36. The van der Waals surface area contributed by atoms with E-state index in [0.717, 1.165) is 24.4 Å². The Kier molecular flexibility index (Phi) is 6.15. The molecule has 0 bridgehead atoms.